The molecular weight excluding hydrogens is 252 g/mol. The first-order valence-electron chi connectivity index (χ1n) is 7.17. The molecule has 0 aliphatic carbocycles. The molecule has 108 valence electrons. The summed E-state index contributed by atoms with van der Waals surface area (Å²) >= 11 is 0. The van der Waals surface area contributed by atoms with Crippen molar-refractivity contribution >= 4 is 22.7 Å². The molecule has 0 fully saturated rings. The number of rotatable bonds is 8. The van der Waals surface area contributed by atoms with Gasteiger partial charge in [-0.2, -0.15) is 4.98 Å². The first-order chi connectivity index (χ1) is 9.85. The molecule has 0 saturated heterocycles. The molecule has 0 unspecified atom stereocenters. The van der Waals surface area contributed by atoms with Crippen LogP contribution in [0.5, 0.6) is 0 Å². The summed E-state index contributed by atoms with van der Waals surface area (Å²) < 4.78 is 5.34. The zero-order valence-corrected chi connectivity index (χ0v) is 12.1. The van der Waals surface area contributed by atoms with Gasteiger partial charge >= 0.3 is 0 Å². The Morgan fingerprint density at radius 3 is 2.70 bits per heavy atom. The second kappa shape index (κ2) is 7.65. The van der Waals surface area contributed by atoms with E-state index in [1.807, 2.05) is 31.2 Å². The van der Waals surface area contributed by atoms with Crippen LogP contribution in [0.2, 0.25) is 0 Å². The molecule has 0 radical (unpaired) electrons. The fourth-order valence-electron chi connectivity index (χ4n) is 1.91. The average Bonchev–Trinajstić information content (AvgIpc) is 2.49. The zero-order chi connectivity index (χ0) is 14.2. The van der Waals surface area contributed by atoms with Crippen molar-refractivity contribution in [1.82, 2.24) is 9.97 Å². The highest BCUT2D eigenvalue weighted by atomic mass is 16.5. The van der Waals surface area contributed by atoms with Gasteiger partial charge in [-0.25, -0.2) is 4.98 Å². The van der Waals surface area contributed by atoms with Crippen molar-refractivity contribution in [2.45, 2.75) is 20.3 Å². The third kappa shape index (κ3) is 3.81. The van der Waals surface area contributed by atoms with Crippen LogP contribution in [-0.4, -0.2) is 36.3 Å². The number of para-hydroxylation sites is 1. The summed E-state index contributed by atoms with van der Waals surface area (Å²) in [5.74, 6) is 1.53. The number of hydrogen-bond acceptors (Lipinski definition) is 5. The van der Waals surface area contributed by atoms with Gasteiger partial charge in [-0.3, -0.25) is 0 Å². The highest BCUT2D eigenvalue weighted by Gasteiger charge is 2.06. The molecule has 1 aromatic heterocycles. The molecule has 0 bridgehead atoms. The largest absolute Gasteiger partial charge is 0.380 e. The van der Waals surface area contributed by atoms with Crippen LogP contribution in [0.25, 0.3) is 10.9 Å². The molecule has 5 heteroatoms. The van der Waals surface area contributed by atoms with Crippen LogP contribution < -0.4 is 10.6 Å². The van der Waals surface area contributed by atoms with Crippen LogP contribution >= 0.6 is 0 Å². The number of benzene rings is 1. The van der Waals surface area contributed by atoms with Crippen molar-refractivity contribution in [2.75, 3.05) is 36.9 Å². The number of fused-ring (bicyclic) bond motifs is 1. The molecule has 0 aliphatic heterocycles. The molecule has 20 heavy (non-hydrogen) atoms. The van der Waals surface area contributed by atoms with E-state index in [2.05, 4.69) is 27.5 Å². The van der Waals surface area contributed by atoms with Gasteiger partial charge in [0.15, 0.2) is 0 Å². The average molecular weight is 274 g/mol. The summed E-state index contributed by atoms with van der Waals surface area (Å²) in [5.41, 5.74) is 0.944. The van der Waals surface area contributed by atoms with E-state index >= 15 is 0 Å². The summed E-state index contributed by atoms with van der Waals surface area (Å²) in [6, 6.07) is 8.02. The van der Waals surface area contributed by atoms with Crippen molar-refractivity contribution in [3.8, 4) is 0 Å². The van der Waals surface area contributed by atoms with Crippen LogP contribution in [0.3, 0.4) is 0 Å². The van der Waals surface area contributed by atoms with Gasteiger partial charge < -0.3 is 15.4 Å². The first kappa shape index (κ1) is 14.5. The SMILES string of the molecule is CCCNc1nc(NCCOCC)c2ccccc2n1. The molecule has 0 atom stereocenters. The predicted octanol–water partition coefficient (Wildman–Crippen LogP) is 2.90. The number of aromatic nitrogens is 2. The van der Waals surface area contributed by atoms with Crippen LogP contribution in [0.1, 0.15) is 20.3 Å². The van der Waals surface area contributed by atoms with Gasteiger partial charge in [0.05, 0.1) is 12.1 Å². The molecule has 2 aromatic rings. The Kier molecular flexibility index (Phi) is 5.55. The molecule has 2 N–H and O–H groups in total. The Balaban J connectivity index is 2.19. The maximum Gasteiger partial charge on any atom is 0.225 e. The lowest BCUT2D eigenvalue weighted by atomic mass is 10.2. The van der Waals surface area contributed by atoms with Crippen molar-refractivity contribution in [3.05, 3.63) is 24.3 Å². The van der Waals surface area contributed by atoms with Crippen LogP contribution in [-0.2, 0) is 4.74 Å². The van der Waals surface area contributed by atoms with Crippen LogP contribution in [0.4, 0.5) is 11.8 Å². The topological polar surface area (TPSA) is 59.1 Å². The quantitative estimate of drug-likeness (QED) is 0.725. The molecule has 0 aliphatic rings. The predicted molar refractivity (Wildman–Crippen MR) is 83.3 cm³/mol. The van der Waals surface area contributed by atoms with Gasteiger partial charge in [0.25, 0.3) is 0 Å². The summed E-state index contributed by atoms with van der Waals surface area (Å²) in [7, 11) is 0. The van der Waals surface area contributed by atoms with E-state index in [1.165, 1.54) is 0 Å². The minimum absolute atomic E-state index is 0.671. The van der Waals surface area contributed by atoms with Crippen LogP contribution in [0, 0.1) is 0 Å². The Hall–Kier alpha value is -1.88. The smallest absolute Gasteiger partial charge is 0.225 e. The van der Waals surface area contributed by atoms with Crippen molar-refractivity contribution in [2.24, 2.45) is 0 Å². The fourth-order valence-corrected chi connectivity index (χ4v) is 1.91. The normalized spacial score (nSPS) is 10.7. The van der Waals surface area contributed by atoms with Crippen LogP contribution in [0.15, 0.2) is 24.3 Å². The Labute approximate surface area is 119 Å². The maximum atomic E-state index is 5.34. The minimum Gasteiger partial charge on any atom is -0.380 e. The van der Waals surface area contributed by atoms with Gasteiger partial charge in [0, 0.05) is 25.1 Å². The van der Waals surface area contributed by atoms with E-state index in [4.69, 9.17) is 4.74 Å². The van der Waals surface area contributed by atoms with E-state index in [0.29, 0.717) is 12.6 Å². The Morgan fingerprint density at radius 1 is 1.05 bits per heavy atom. The second-order valence-electron chi connectivity index (χ2n) is 4.46. The van der Waals surface area contributed by atoms with E-state index in [-0.39, 0.29) is 0 Å². The summed E-state index contributed by atoms with van der Waals surface area (Å²) in [6.07, 6.45) is 1.04. The standard InChI is InChI=1S/C15H22N4O/c1-3-9-17-15-18-13-8-6-5-7-12(13)14(19-15)16-10-11-20-4-2/h5-8H,3-4,9-11H2,1-2H3,(H2,16,17,18,19). The van der Waals surface area contributed by atoms with E-state index in [1.54, 1.807) is 0 Å². The molecule has 0 saturated carbocycles. The number of ether oxygens (including phenoxy) is 1. The van der Waals surface area contributed by atoms with E-state index < -0.39 is 0 Å². The first-order valence-corrected chi connectivity index (χ1v) is 7.17. The maximum absolute atomic E-state index is 5.34. The lowest BCUT2D eigenvalue weighted by molar-refractivity contribution is 0.158. The molecular formula is C15H22N4O. The number of anilines is 2. The highest BCUT2D eigenvalue weighted by Crippen LogP contribution is 2.21. The van der Waals surface area contributed by atoms with E-state index in [9.17, 15) is 0 Å². The third-order valence-electron chi connectivity index (χ3n) is 2.88. The van der Waals surface area contributed by atoms with Crippen molar-refractivity contribution in [1.29, 1.82) is 0 Å². The molecule has 5 nitrogen and oxygen atoms in total. The zero-order valence-electron chi connectivity index (χ0n) is 12.1. The van der Waals surface area contributed by atoms with Gasteiger partial charge in [-0.05, 0) is 25.5 Å². The number of nitrogens with zero attached hydrogens (tertiary/aromatic N) is 2. The highest BCUT2D eigenvalue weighted by molar-refractivity contribution is 5.89. The summed E-state index contributed by atoms with van der Waals surface area (Å²) in [5, 5.41) is 7.59. The lowest BCUT2D eigenvalue weighted by Crippen LogP contribution is -2.12. The summed E-state index contributed by atoms with van der Waals surface area (Å²) in [4.78, 5) is 9.07. The second-order valence-corrected chi connectivity index (χ2v) is 4.46. The molecule has 1 heterocycles. The fraction of sp³-hybridized carbons (Fsp3) is 0.467. The van der Waals surface area contributed by atoms with E-state index in [0.717, 1.165) is 42.8 Å². The summed E-state index contributed by atoms with van der Waals surface area (Å²) in [6.45, 7) is 7.13. The molecule has 1 aromatic carbocycles. The number of nitrogens with one attached hydrogen (secondary N) is 2. The number of hydrogen-bond donors (Lipinski definition) is 2. The lowest BCUT2D eigenvalue weighted by Gasteiger charge is -2.11. The van der Waals surface area contributed by atoms with Gasteiger partial charge in [0.1, 0.15) is 5.82 Å². The van der Waals surface area contributed by atoms with Crippen molar-refractivity contribution < 1.29 is 4.74 Å². The van der Waals surface area contributed by atoms with Crippen molar-refractivity contribution in [3.63, 3.8) is 0 Å². The molecule has 2 rings (SSSR count). The minimum atomic E-state index is 0.671. The van der Waals surface area contributed by atoms with Gasteiger partial charge in [0.2, 0.25) is 5.95 Å². The Bertz CT molecular complexity index is 544. The van der Waals surface area contributed by atoms with Gasteiger partial charge in [-0.15, -0.1) is 0 Å². The molecule has 0 amide bonds. The monoisotopic (exact) mass is 274 g/mol. The Morgan fingerprint density at radius 2 is 1.90 bits per heavy atom. The molecule has 0 spiro atoms. The van der Waals surface area contributed by atoms with Gasteiger partial charge in [-0.1, -0.05) is 19.1 Å². The third-order valence-corrected chi connectivity index (χ3v) is 2.88.